The van der Waals surface area contributed by atoms with Crippen LogP contribution in [0.25, 0.3) is 0 Å². The van der Waals surface area contributed by atoms with Gasteiger partial charge in [0.1, 0.15) is 11.9 Å². The Morgan fingerprint density at radius 3 is 2.61 bits per heavy atom. The molecule has 4 aliphatic rings. The van der Waals surface area contributed by atoms with Gasteiger partial charge in [0.2, 0.25) is 23.6 Å². The smallest absolute Gasteiger partial charge is 0.255 e. The molecule has 0 spiro atoms. The summed E-state index contributed by atoms with van der Waals surface area (Å²) in [5.41, 5.74) is 2.13. The fourth-order valence-corrected chi connectivity index (χ4v) is 8.82. The number of carbonyl (C=O) groups is 5. The summed E-state index contributed by atoms with van der Waals surface area (Å²) in [6.45, 7) is 4.38. The molecule has 3 fully saturated rings. The maximum Gasteiger partial charge on any atom is 0.255 e. The highest BCUT2D eigenvalue weighted by molar-refractivity contribution is 7.13. The Labute approximate surface area is 330 Å². The number of benzene rings is 1. The largest absolute Gasteiger partial charge is 0.379 e. The molecule has 0 bridgehead atoms. The van der Waals surface area contributed by atoms with E-state index < -0.39 is 17.4 Å². The van der Waals surface area contributed by atoms with E-state index in [2.05, 4.69) is 36.5 Å². The Hall–Kier alpha value is -4.77. The lowest BCUT2D eigenvalue weighted by atomic mass is 9.70. The molecule has 5 amide bonds. The molecule has 16 heteroatoms. The van der Waals surface area contributed by atoms with Crippen LogP contribution in [0, 0.1) is 5.41 Å². The minimum Gasteiger partial charge on any atom is -0.379 e. The zero-order valence-corrected chi connectivity index (χ0v) is 32.5. The van der Waals surface area contributed by atoms with Gasteiger partial charge in [-0.15, -0.1) is 11.3 Å². The number of ether oxygens (including phenoxy) is 1. The van der Waals surface area contributed by atoms with Crippen molar-refractivity contribution in [1.29, 1.82) is 0 Å². The molecule has 56 heavy (non-hydrogen) atoms. The van der Waals surface area contributed by atoms with Crippen LogP contribution >= 0.6 is 11.3 Å². The summed E-state index contributed by atoms with van der Waals surface area (Å²) in [6.07, 6.45) is 9.68. The molecule has 3 aromatic rings. The third-order valence-corrected chi connectivity index (χ3v) is 12.0. The first-order chi connectivity index (χ1) is 27.3. The van der Waals surface area contributed by atoms with Crippen molar-refractivity contribution in [3.8, 4) is 0 Å². The van der Waals surface area contributed by atoms with Crippen LogP contribution in [0.4, 0.5) is 16.6 Å². The van der Waals surface area contributed by atoms with Gasteiger partial charge in [0, 0.05) is 85.7 Å². The monoisotopic (exact) mass is 785 g/mol. The van der Waals surface area contributed by atoms with E-state index in [1.54, 1.807) is 24.4 Å². The van der Waals surface area contributed by atoms with E-state index in [0.717, 1.165) is 81.2 Å². The van der Waals surface area contributed by atoms with Gasteiger partial charge in [-0.1, -0.05) is 31.4 Å². The number of nitrogens with zero attached hydrogens (tertiary/aromatic N) is 4. The van der Waals surface area contributed by atoms with Gasteiger partial charge in [-0.25, -0.2) is 9.97 Å². The van der Waals surface area contributed by atoms with E-state index in [1.165, 1.54) is 16.2 Å². The number of amides is 5. The maximum atomic E-state index is 13.9. The van der Waals surface area contributed by atoms with Gasteiger partial charge in [-0.3, -0.25) is 29.3 Å². The molecule has 3 aliphatic heterocycles. The van der Waals surface area contributed by atoms with Crippen LogP contribution in [0.5, 0.6) is 0 Å². The lowest BCUT2D eigenvalue weighted by Gasteiger charge is -2.39. The number of likely N-dealkylation sites (tertiary alicyclic amines) is 1. The number of anilines is 3. The standard InChI is InChI=1S/C40H51N9O6S/c50-34-11-10-32(36(52)47-34)49-26-30-29(37(49)53)7-5-8-31(30)45-35(51)25-41-16-21-55-22-20-48-18-12-27(13-19-48)44-38(54)40(14-2-1-3-15-40)24-28-6-4-9-33(43-28)46-39-42-17-23-56-39/h4-9,17,23,27,32,41H,1-3,10-16,18-22,24-26H2,(H,44,54)(H,45,51)(H,42,43,46)(H,47,50,52). The normalized spacial score (nSPS) is 20.0. The van der Waals surface area contributed by atoms with Gasteiger partial charge in [0.05, 0.1) is 25.2 Å². The number of piperidine rings is 2. The van der Waals surface area contributed by atoms with Crippen LogP contribution in [0.1, 0.15) is 79.4 Å². The number of rotatable bonds is 16. The molecule has 15 nitrogen and oxygen atoms in total. The average Bonchev–Trinajstić information content (AvgIpc) is 3.83. The lowest BCUT2D eigenvalue weighted by molar-refractivity contribution is -0.137. The highest BCUT2D eigenvalue weighted by Crippen LogP contribution is 2.40. The number of pyridine rings is 1. The number of hydrogen-bond donors (Lipinski definition) is 5. The number of nitrogens with one attached hydrogen (secondary N) is 5. The van der Waals surface area contributed by atoms with Crippen molar-refractivity contribution >= 4 is 57.5 Å². The Balaban J connectivity index is 0.779. The summed E-state index contributed by atoms with van der Waals surface area (Å²) in [6, 6.07) is 10.5. The Morgan fingerprint density at radius 2 is 1.82 bits per heavy atom. The van der Waals surface area contributed by atoms with E-state index >= 15 is 0 Å². The summed E-state index contributed by atoms with van der Waals surface area (Å²) >= 11 is 1.53. The average molecular weight is 786 g/mol. The van der Waals surface area contributed by atoms with Crippen molar-refractivity contribution in [1.82, 2.24) is 35.7 Å². The van der Waals surface area contributed by atoms with Crippen molar-refractivity contribution in [3.63, 3.8) is 0 Å². The fraction of sp³-hybridized carbons (Fsp3) is 0.525. The first-order valence-electron chi connectivity index (χ1n) is 19.8. The van der Waals surface area contributed by atoms with Crippen molar-refractivity contribution < 1.29 is 28.7 Å². The molecule has 298 valence electrons. The molecule has 0 radical (unpaired) electrons. The predicted octanol–water partition coefficient (Wildman–Crippen LogP) is 3.36. The molecule has 2 saturated heterocycles. The maximum absolute atomic E-state index is 13.9. The zero-order valence-electron chi connectivity index (χ0n) is 31.6. The van der Waals surface area contributed by atoms with Gasteiger partial charge in [-0.2, -0.15) is 0 Å². The summed E-state index contributed by atoms with van der Waals surface area (Å²) in [5, 5.41) is 17.7. The molecule has 5 N–H and O–H groups in total. The van der Waals surface area contributed by atoms with Gasteiger partial charge in [0.25, 0.3) is 5.91 Å². The van der Waals surface area contributed by atoms with Gasteiger partial charge in [-0.05, 0) is 56.4 Å². The first kappa shape index (κ1) is 39.5. The summed E-state index contributed by atoms with van der Waals surface area (Å²) < 4.78 is 5.86. The predicted molar refractivity (Wildman–Crippen MR) is 211 cm³/mol. The number of thiazole rings is 1. The Kier molecular flexibility index (Phi) is 13.0. The fourth-order valence-electron chi connectivity index (χ4n) is 8.28. The summed E-state index contributed by atoms with van der Waals surface area (Å²) in [4.78, 5) is 76.7. The molecular formula is C40H51N9O6S. The summed E-state index contributed by atoms with van der Waals surface area (Å²) in [5.74, 6) is -0.429. The minimum atomic E-state index is -0.715. The second-order valence-electron chi connectivity index (χ2n) is 15.2. The zero-order chi connectivity index (χ0) is 38.9. The highest BCUT2D eigenvalue weighted by Gasteiger charge is 2.42. The minimum absolute atomic E-state index is 0.0752. The third-order valence-electron chi connectivity index (χ3n) is 11.3. The van der Waals surface area contributed by atoms with E-state index in [0.29, 0.717) is 43.0 Å². The molecule has 5 heterocycles. The molecule has 1 aliphatic carbocycles. The second kappa shape index (κ2) is 18.4. The van der Waals surface area contributed by atoms with Gasteiger partial charge in [0.15, 0.2) is 5.13 Å². The molecule has 1 unspecified atom stereocenters. The van der Waals surface area contributed by atoms with Gasteiger partial charge >= 0.3 is 0 Å². The number of imide groups is 1. The molecule has 1 saturated carbocycles. The number of fused-ring (bicyclic) bond motifs is 1. The number of hydrogen-bond acceptors (Lipinski definition) is 12. The summed E-state index contributed by atoms with van der Waals surface area (Å²) in [7, 11) is 0. The van der Waals surface area contributed by atoms with Crippen LogP contribution in [-0.4, -0.2) is 107 Å². The van der Waals surface area contributed by atoms with E-state index in [9.17, 15) is 24.0 Å². The second-order valence-corrected chi connectivity index (χ2v) is 16.0. The van der Waals surface area contributed by atoms with Crippen LogP contribution in [0.15, 0.2) is 48.0 Å². The first-order valence-corrected chi connectivity index (χ1v) is 20.6. The van der Waals surface area contributed by atoms with Gasteiger partial charge < -0.3 is 35.8 Å². The Morgan fingerprint density at radius 1 is 1.00 bits per heavy atom. The lowest BCUT2D eigenvalue weighted by Crippen LogP contribution is -2.52. The number of aromatic nitrogens is 2. The topological polar surface area (TPSA) is 187 Å². The highest BCUT2D eigenvalue weighted by atomic mass is 32.1. The van der Waals surface area contributed by atoms with Crippen LogP contribution in [-0.2, 0) is 36.9 Å². The van der Waals surface area contributed by atoms with Crippen molar-refractivity contribution in [2.45, 2.75) is 82.8 Å². The van der Waals surface area contributed by atoms with Crippen molar-refractivity contribution in [2.75, 3.05) is 56.6 Å². The van der Waals surface area contributed by atoms with Crippen molar-refractivity contribution in [2.24, 2.45) is 5.41 Å². The van der Waals surface area contributed by atoms with Crippen LogP contribution in [0.3, 0.4) is 0 Å². The van der Waals surface area contributed by atoms with E-state index in [-0.39, 0.29) is 55.6 Å². The SMILES string of the molecule is O=C1CCC(N2Cc3c(NC(=O)CNCCOCCN4CCC(NC(=O)C5(Cc6cccc(Nc7nccs7)n6)CCCCC5)CC4)cccc3C2=O)C(=O)N1. The molecule has 1 aromatic carbocycles. The molecule has 2 aromatic heterocycles. The number of carbonyl (C=O) groups excluding carboxylic acids is 5. The van der Waals surface area contributed by atoms with Crippen LogP contribution < -0.4 is 26.6 Å². The molecular weight excluding hydrogens is 735 g/mol. The Bertz CT molecular complexity index is 1880. The molecule has 7 rings (SSSR count). The van der Waals surface area contributed by atoms with E-state index in [1.807, 2.05) is 23.6 Å². The van der Waals surface area contributed by atoms with Crippen molar-refractivity contribution in [3.05, 3.63) is 64.8 Å². The van der Waals surface area contributed by atoms with Crippen LogP contribution in [0.2, 0.25) is 0 Å². The third kappa shape index (κ3) is 9.78. The quantitative estimate of drug-likeness (QED) is 0.106. The van der Waals surface area contributed by atoms with E-state index in [4.69, 9.17) is 9.72 Å². The molecule has 1 atom stereocenters.